The monoisotopic (exact) mass is 264 g/mol. The summed E-state index contributed by atoms with van der Waals surface area (Å²) in [4.78, 5) is 2.19. The third kappa shape index (κ3) is 2.04. The number of hydrogen-bond acceptors (Lipinski definition) is 3. The smallest absolute Gasteiger partial charge is 0.0992 e. The largest absolute Gasteiger partial charge is 0.389 e. The molecule has 3 rings (SSSR count). The van der Waals surface area contributed by atoms with Crippen LogP contribution in [0.4, 0.5) is 11.4 Å². The number of hydrogen-bond donors (Lipinski definition) is 1. The van der Waals surface area contributed by atoms with Gasteiger partial charge >= 0.3 is 0 Å². The van der Waals surface area contributed by atoms with E-state index in [1.807, 2.05) is 24.3 Å². The molecular weight excluding hydrogens is 248 g/mol. The predicted octanol–water partition coefficient (Wildman–Crippen LogP) is 3.31. The van der Waals surface area contributed by atoms with Crippen LogP contribution >= 0.6 is 0 Å². The fraction of sp³-hybridized carbons (Fsp3) is 0.235. The topological polar surface area (TPSA) is 47.3 Å². The molecule has 2 aromatic carbocycles. The van der Waals surface area contributed by atoms with Crippen LogP contribution < -0.4 is 4.90 Å². The molecule has 0 fully saturated rings. The van der Waals surface area contributed by atoms with Crippen molar-refractivity contribution >= 4 is 11.4 Å². The van der Waals surface area contributed by atoms with Gasteiger partial charge in [0.1, 0.15) is 0 Å². The van der Waals surface area contributed by atoms with Crippen LogP contribution in [0.2, 0.25) is 0 Å². The first-order valence-corrected chi connectivity index (χ1v) is 6.78. The number of aliphatic hydroxyl groups is 1. The lowest BCUT2D eigenvalue weighted by Gasteiger charge is -2.24. The molecular formula is C17H16N2O. The van der Waals surface area contributed by atoms with Gasteiger partial charge in [-0.05, 0) is 37.1 Å². The quantitative estimate of drug-likeness (QED) is 0.905. The Kier molecular flexibility index (Phi) is 3.17. The third-order valence-corrected chi connectivity index (χ3v) is 3.79. The van der Waals surface area contributed by atoms with Crippen molar-refractivity contribution in [2.24, 2.45) is 0 Å². The average Bonchev–Trinajstić information content (AvgIpc) is 2.90. The standard InChI is InChI=1S/C17H16N2O/c1-12(20)15-7-6-13(11-18)10-17(15)19-9-8-14-4-2-3-5-16(14)19/h2-7,10,12,20H,8-9H2,1H3/t12-/m1/s1. The van der Waals surface area contributed by atoms with Crippen LogP contribution in [0.25, 0.3) is 0 Å². The van der Waals surface area contributed by atoms with E-state index in [4.69, 9.17) is 5.26 Å². The fourth-order valence-electron chi connectivity index (χ4n) is 2.79. The molecule has 1 N–H and O–H groups in total. The molecule has 0 bridgehead atoms. The van der Waals surface area contributed by atoms with E-state index in [0.717, 1.165) is 24.2 Å². The summed E-state index contributed by atoms with van der Waals surface area (Å²) in [5, 5.41) is 19.1. The van der Waals surface area contributed by atoms with Gasteiger partial charge in [-0.15, -0.1) is 0 Å². The Morgan fingerprint density at radius 1 is 1.20 bits per heavy atom. The maximum Gasteiger partial charge on any atom is 0.0992 e. The van der Waals surface area contributed by atoms with Crippen LogP contribution in [0.3, 0.4) is 0 Å². The minimum Gasteiger partial charge on any atom is -0.389 e. The normalized spacial score (nSPS) is 14.8. The first-order valence-electron chi connectivity index (χ1n) is 6.78. The molecule has 1 aliphatic heterocycles. The van der Waals surface area contributed by atoms with Gasteiger partial charge in [-0.3, -0.25) is 0 Å². The van der Waals surface area contributed by atoms with Crippen LogP contribution in [-0.2, 0) is 6.42 Å². The van der Waals surface area contributed by atoms with Crippen molar-refractivity contribution < 1.29 is 5.11 Å². The van der Waals surface area contributed by atoms with Crippen molar-refractivity contribution in [2.45, 2.75) is 19.4 Å². The van der Waals surface area contributed by atoms with Crippen molar-refractivity contribution in [3.63, 3.8) is 0 Å². The van der Waals surface area contributed by atoms with Crippen molar-refractivity contribution in [2.75, 3.05) is 11.4 Å². The zero-order valence-electron chi connectivity index (χ0n) is 11.4. The lowest BCUT2D eigenvalue weighted by Crippen LogP contribution is -2.16. The highest BCUT2D eigenvalue weighted by Gasteiger charge is 2.23. The molecule has 0 unspecified atom stereocenters. The molecule has 0 aliphatic carbocycles. The number of anilines is 2. The second-order valence-electron chi connectivity index (χ2n) is 5.09. The molecule has 3 nitrogen and oxygen atoms in total. The highest BCUT2D eigenvalue weighted by atomic mass is 16.3. The molecule has 0 aromatic heterocycles. The Morgan fingerprint density at radius 3 is 2.75 bits per heavy atom. The zero-order valence-corrected chi connectivity index (χ0v) is 11.4. The van der Waals surface area contributed by atoms with Gasteiger partial charge in [0.05, 0.1) is 17.7 Å². The van der Waals surface area contributed by atoms with Gasteiger partial charge in [0.2, 0.25) is 0 Å². The number of nitrogens with zero attached hydrogens (tertiary/aromatic N) is 2. The SMILES string of the molecule is C[C@@H](O)c1ccc(C#N)cc1N1CCc2ccccc21. The highest BCUT2D eigenvalue weighted by molar-refractivity contribution is 5.73. The molecule has 0 amide bonds. The van der Waals surface area contributed by atoms with E-state index >= 15 is 0 Å². The van der Waals surface area contributed by atoms with Gasteiger partial charge in [0, 0.05) is 23.5 Å². The van der Waals surface area contributed by atoms with E-state index in [-0.39, 0.29) is 0 Å². The summed E-state index contributed by atoms with van der Waals surface area (Å²) in [5.74, 6) is 0. The molecule has 1 atom stereocenters. The van der Waals surface area contributed by atoms with E-state index in [1.54, 1.807) is 13.0 Å². The second kappa shape index (κ2) is 4.99. The zero-order chi connectivity index (χ0) is 14.1. The number of aliphatic hydroxyl groups excluding tert-OH is 1. The van der Waals surface area contributed by atoms with Gasteiger partial charge in [-0.2, -0.15) is 5.26 Å². The van der Waals surface area contributed by atoms with Crippen LogP contribution in [0.1, 0.15) is 29.7 Å². The molecule has 100 valence electrons. The molecule has 0 saturated heterocycles. The Hall–Kier alpha value is -2.31. The van der Waals surface area contributed by atoms with E-state index in [1.165, 1.54) is 11.3 Å². The Labute approximate surface area is 118 Å². The summed E-state index contributed by atoms with van der Waals surface area (Å²) in [7, 11) is 0. The number of para-hydroxylation sites is 1. The average molecular weight is 264 g/mol. The van der Waals surface area contributed by atoms with E-state index in [2.05, 4.69) is 23.1 Å². The summed E-state index contributed by atoms with van der Waals surface area (Å²) < 4.78 is 0. The van der Waals surface area contributed by atoms with Gasteiger partial charge in [0.25, 0.3) is 0 Å². The van der Waals surface area contributed by atoms with Crippen LogP contribution in [0.15, 0.2) is 42.5 Å². The molecule has 0 saturated carbocycles. The van der Waals surface area contributed by atoms with E-state index in [0.29, 0.717) is 5.56 Å². The van der Waals surface area contributed by atoms with E-state index < -0.39 is 6.10 Å². The lowest BCUT2D eigenvalue weighted by molar-refractivity contribution is 0.200. The summed E-state index contributed by atoms with van der Waals surface area (Å²) in [5.41, 5.74) is 4.90. The number of fused-ring (bicyclic) bond motifs is 1. The third-order valence-electron chi connectivity index (χ3n) is 3.79. The van der Waals surface area contributed by atoms with E-state index in [9.17, 15) is 5.11 Å². The molecule has 3 heteroatoms. The minimum atomic E-state index is -0.550. The van der Waals surface area contributed by atoms with Crippen molar-refractivity contribution in [1.82, 2.24) is 0 Å². The fourth-order valence-corrected chi connectivity index (χ4v) is 2.79. The Morgan fingerprint density at radius 2 is 2.00 bits per heavy atom. The number of benzene rings is 2. The molecule has 2 aromatic rings. The maximum atomic E-state index is 9.97. The lowest BCUT2D eigenvalue weighted by atomic mass is 10.0. The summed E-state index contributed by atoms with van der Waals surface area (Å²) in [6.45, 7) is 2.64. The summed E-state index contributed by atoms with van der Waals surface area (Å²) >= 11 is 0. The molecule has 0 spiro atoms. The molecule has 0 radical (unpaired) electrons. The van der Waals surface area contributed by atoms with Gasteiger partial charge < -0.3 is 10.0 Å². The Balaban J connectivity index is 2.13. The van der Waals surface area contributed by atoms with Crippen molar-refractivity contribution in [3.8, 4) is 6.07 Å². The highest BCUT2D eigenvalue weighted by Crippen LogP contribution is 2.38. The second-order valence-corrected chi connectivity index (χ2v) is 5.09. The minimum absolute atomic E-state index is 0.550. The van der Waals surface area contributed by atoms with Gasteiger partial charge in [-0.1, -0.05) is 24.3 Å². The maximum absolute atomic E-state index is 9.97. The van der Waals surface area contributed by atoms with Gasteiger partial charge in [0.15, 0.2) is 0 Å². The summed E-state index contributed by atoms with van der Waals surface area (Å²) in [6.07, 6.45) is 0.442. The molecule has 1 aliphatic rings. The Bertz CT molecular complexity index is 686. The van der Waals surface area contributed by atoms with Crippen LogP contribution in [-0.4, -0.2) is 11.7 Å². The van der Waals surface area contributed by atoms with Crippen molar-refractivity contribution in [3.05, 3.63) is 59.2 Å². The first kappa shape index (κ1) is 12.7. The molecule has 20 heavy (non-hydrogen) atoms. The summed E-state index contributed by atoms with van der Waals surface area (Å²) in [6, 6.07) is 15.9. The van der Waals surface area contributed by atoms with Crippen LogP contribution in [0.5, 0.6) is 0 Å². The van der Waals surface area contributed by atoms with Crippen molar-refractivity contribution in [1.29, 1.82) is 5.26 Å². The first-order chi connectivity index (χ1) is 9.70. The van der Waals surface area contributed by atoms with Crippen LogP contribution in [0, 0.1) is 11.3 Å². The number of nitriles is 1. The van der Waals surface area contributed by atoms with Gasteiger partial charge in [-0.25, -0.2) is 0 Å². The predicted molar refractivity (Wildman–Crippen MR) is 78.9 cm³/mol. The number of rotatable bonds is 2. The molecule has 1 heterocycles.